The summed E-state index contributed by atoms with van der Waals surface area (Å²) in [5, 5.41) is 8.27. The Morgan fingerprint density at radius 3 is 2.74 bits per heavy atom. The van der Waals surface area contributed by atoms with E-state index in [-0.39, 0.29) is 23.3 Å². The number of aromatic nitrogens is 2. The van der Waals surface area contributed by atoms with Crippen LogP contribution in [0.3, 0.4) is 0 Å². The van der Waals surface area contributed by atoms with Gasteiger partial charge in [-0.3, -0.25) is 14.3 Å². The standard InChI is InChI=1S/C24H28N4O3/c1-16(2)28-19(7-10-26-28)23(30)27-11-8-24(9-12-27)14-18(24)15-25-22(29)21-13-17-5-3-4-6-20(17)31-21/h3-7,10,13,16,18H,8-9,11-12,14-15H2,1-2H3,(H,25,29). The first kappa shape index (κ1) is 19.8. The van der Waals surface area contributed by atoms with E-state index in [1.807, 2.05) is 43.0 Å². The van der Waals surface area contributed by atoms with Crippen molar-refractivity contribution in [1.82, 2.24) is 20.0 Å². The number of rotatable bonds is 5. The number of likely N-dealkylation sites (tertiary alicyclic amines) is 1. The van der Waals surface area contributed by atoms with Crippen molar-refractivity contribution >= 4 is 22.8 Å². The number of para-hydroxylation sites is 1. The molecule has 1 saturated carbocycles. The van der Waals surface area contributed by atoms with E-state index in [0.29, 0.717) is 23.9 Å². The number of carbonyl (C=O) groups excluding carboxylic acids is 2. The van der Waals surface area contributed by atoms with Crippen molar-refractivity contribution in [3.05, 3.63) is 54.0 Å². The number of piperidine rings is 1. The van der Waals surface area contributed by atoms with Crippen LogP contribution in [-0.2, 0) is 0 Å². The van der Waals surface area contributed by atoms with E-state index in [1.54, 1.807) is 23.0 Å². The normalized spacial score (nSPS) is 19.8. The molecule has 2 fully saturated rings. The van der Waals surface area contributed by atoms with Gasteiger partial charge in [-0.2, -0.15) is 5.10 Å². The number of nitrogens with one attached hydrogen (secondary N) is 1. The van der Waals surface area contributed by atoms with Crippen LogP contribution in [0.1, 0.15) is 60.2 Å². The highest BCUT2D eigenvalue weighted by molar-refractivity contribution is 5.96. The maximum Gasteiger partial charge on any atom is 0.287 e. The Morgan fingerprint density at radius 1 is 1.23 bits per heavy atom. The monoisotopic (exact) mass is 420 g/mol. The maximum absolute atomic E-state index is 12.9. The number of hydrogen-bond donors (Lipinski definition) is 1. The minimum atomic E-state index is -0.159. The maximum atomic E-state index is 12.9. The molecule has 3 aromatic rings. The molecule has 1 atom stereocenters. The summed E-state index contributed by atoms with van der Waals surface area (Å²) >= 11 is 0. The lowest BCUT2D eigenvalue weighted by molar-refractivity contribution is 0.0654. The summed E-state index contributed by atoms with van der Waals surface area (Å²) < 4.78 is 7.45. The van der Waals surface area contributed by atoms with Gasteiger partial charge in [0.1, 0.15) is 11.3 Å². The number of nitrogens with zero attached hydrogens (tertiary/aromatic N) is 3. The topological polar surface area (TPSA) is 80.4 Å². The number of benzene rings is 1. The lowest BCUT2D eigenvalue weighted by Crippen LogP contribution is -2.41. The minimum Gasteiger partial charge on any atom is -0.451 e. The third-order valence-electron chi connectivity index (χ3n) is 6.94. The smallest absolute Gasteiger partial charge is 0.287 e. The largest absolute Gasteiger partial charge is 0.451 e. The predicted molar refractivity (Wildman–Crippen MR) is 117 cm³/mol. The molecular weight excluding hydrogens is 392 g/mol. The molecule has 1 spiro atoms. The molecule has 1 aromatic carbocycles. The molecule has 0 radical (unpaired) electrons. The van der Waals surface area contributed by atoms with Crippen LogP contribution >= 0.6 is 0 Å². The summed E-state index contributed by atoms with van der Waals surface area (Å²) in [5.41, 5.74) is 1.65. The molecule has 162 valence electrons. The third kappa shape index (κ3) is 3.62. The van der Waals surface area contributed by atoms with E-state index in [2.05, 4.69) is 10.4 Å². The lowest BCUT2D eigenvalue weighted by Gasteiger charge is -2.33. The molecule has 1 unspecified atom stereocenters. The highest BCUT2D eigenvalue weighted by atomic mass is 16.3. The molecule has 7 heteroatoms. The van der Waals surface area contributed by atoms with Crippen LogP contribution in [-0.4, -0.2) is 46.1 Å². The van der Waals surface area contributed by atoms with Gasteiger partial charge in [0.25, 0.3) is 11.8 Å². The molecule has 1 aliphatic heterocycles. The van der Waals surface area contributed by atoms with E-state index in [0.717, 1.165) is 43.3 Å². The first-order valence-electron chi connectivity index (χ1n) is 11.1. The molecule has 2 aliphatic rings. The van der Waals surface area contributed by atoms with Crippen LogP contribution in [0.4, 0.5) is 0 Å². The number of furan rings is 1. The van der Waals surface area contributed by atoms with Crippen molar-refractivity contribution in [3.8, 4) is 0 Å². The Hall–Kier alpha value is -3.09. The molecule has 5 rings (SSSR count). The quantitative estimate of drug-likeness (QED) is 0.679. The van der Waals surface area contributed by atoms with Crippen molar-refractivity contribution in [3.63, 3.8) is 0 Å². The fraction of sp³-hybridized carbons (Fsp3) is 0.458. The molecular formula is C24H28N4O3. The summed E-state index contributed by atoms with van der Waals surface area (Å²) in [6.07, 6.45) is 4.78. The van der Waals surface area contributed by atoms with Gasteiger partial charge in [-0.1, -0.05) is 18.2 Å². The fourth-order valence-electron chi connectivity index (χ4n) is 4.94. The second-order valence-corrected chi connectivity index (χ2v) is 9.17. The average Bonchev–Trinajstić information content (AvgIpc) is 3.16. The molecule has 2 amide bonds. The fourth-order valence-corrected chi connectivity index (χ4v) is 4.94. The second kappa shape index (κ2) is 7.55. The van der Waals surface area contributed by atoms with Gasteiger partial charge in [-0.25, -0.2) is 0 Å². The second-order valence-electron chi connectivity index (χ2n) is 9.17. The van der Waals surface area contributed by atoms with E-state index >= 15 is 0 Å². The van der Waals surface area contributed by atoms with Crippen LogP contribution in [0.15, 0.2) is 47.0 Å². The van der Waals surface area contributed by atoms with Gasteiger partial charge in [0, 0.05) is 37.3 Å². The summed E-state index contributed by atoms with van der Waals surface area (Å²) in [5.74, 6) is 0.738. The summed E-state index contributed by atoms with van der Waals surface area (Å²) in [7, 11) is 0. The van der Waals surface area contributed by atoms with Crippen molar-refractivity contribution in [2.45, 2.75) is 39.2 Å². The minimum absolute atomic E-state index is 0.0661. The average molecular weight is 421 g/mol. The zero-order chi connectivity index (χ0) is 21.6. The third-order valence-corrected chi connectivity index (χ3v) is 6.94. The van der Waals surface area contributed by atoms with Gasteiger partial charge in [0.15, 0.2) is 5.76 Å². The van der Waals surface area contributed by atoms with Crippen LogP contribution in [0.2, 0.25) is 0 Å². The van der Waals surface area contributed by atoms with E-state index < -0.39 is 0 Å². The lowest BCUT2D eigenvalue weighted by atomic mass is 9.90. The zero-order valence-electron chi connectivity index (χ0n) is 18.0. The van der Waals surface area contributed by atoms with Gasteiger partial charge in [0.05, 0.1) is 0 Å². The Kier molecular flexibility index (Phi) is 4.84. The first-order chi connectivity index (χ1) is 15.0. The van der Waals surface area contributed by atoms with Gasteiger partial charge >= 0.3 is 0 Å². The number of carbonyl (C=O) groups is 2. The predicted octanol–water partition coefficient (Wildman–Crippen LogP) is 3.88. The van der Waals surface area contributed by atoms with Crippen molar-refractivity contribution in [2.75, 3.05) is 19.6 Å². The van der Waals surface area contributed by atoms with Crippen molar-refractivity contribution < 1.29 is 14.0 Å². The van der Waals surface area contributed by atoms with Crippen molar-refractivity contribution in [1.29, 1.82) is 0 Å². The van der Waals surface area contributed by atoms with Crippen LogP contribution in [0.5, 0.6) is 0 Å². The van der Waals surface area contributed by atoms with E-state index in [9.17, 15) is 9.59 Å². The molecule has 1 aliphatic carbocycles. The van der Waals surface area contributed by atoms with Gasteiger partial charge in [0.2, 0.25) is 0 Å². The van der Waals surface area contributed by atoms with Gasteiger partial charge in [-0.05, 0) is 62.6 Å². The molecule has 1 N–H and O–H groups in total. The van der Waals surface area contributed by atoms with Crippen molar-refractivity contribution in [2.24, 2.45) is 11.3 Å². The number of hydrogen-bond acceptors (Lipinski definition) is 4. The Morgan fingerprint density at radius 2 is 2.00 bits per heavy atom. The van der Waals surface area contributed by atoms with Crippen LogP contribution in [0.25, 0.3) is 11.0 Å². The highest BCUT2D eigenvalue weighted by Crippen LogP contribution is 2.59. The summed E-state index contributed by atoms with van der Waals surface area (Å²) in [4.78, 5) is 27.4. The SMILES string of the molecule is CC(C)n1nccc1C(=O)N1CCC2(CC1)CC2CNC(=O)c1cc2ccccc2o1. The zero-order valence-corrected chi connectivity index (χ0v) is 18.0. The van der Waals surface area contributed by atoms with Gasteiger partial charge in [-0.15, -0.1) is 0 Å². The van der Waals surface area contributed by atoms with E-state index in [1.165, 1.54) is 0 Å². The molecule has 3 heterocycles. The number of fused-ring (bicyclic) bond motifs is 1. The molecule has 1 saturated heterocycles. The van der Waals surface area contributed by atoms with Gasteiger partial charge < -0.3 is 14.6 Å². The molecule has 0 bridgehead atoms. The Labute approximate surface area is 181 Å². The molecule has 31 heavy (non-hydrogen) atoms. The van der Waals surface area contributed by atoms with Crippen LogP contribution < -0.4 is 5.32 Å². The Balaban J connectivity index is 1.14. The van der Waals surface area contributed by atoms with Crippen LogP contribution in [0, 0.1) is 11.3 Å². The molecule has 2 aromatic heterocycles. The Bertz CT molecular complexity index is 1090. The highest BCUT2D eigenvalue weighted by Gasteiger charge is 2.54. The number of amides is 2. The first-order valence-corrected chi connectivity index (χ1v) is 11.1. The summed E-state index contributed by atoms with van der Waals surface area (Å²) in [6.45, 7) is 6.24. The summed E-state index contributed by atoms with van der Waals surface area (Å²) in [6, 6.07) is 11.4. The molecule has 7 nitrogen and oxygen atoms in total. The van der Waals surface area contributed by atoms with E-state index in [4.69, 9.17) is 4.42 Å².